The first-order valence-corrected chi connectivity index (χ1v) is 12.4. The molecule has 3 fully saturated rings. The van der Waals surface area contributed by atoms with Crippen LogP contribution in [0.3, 0.4) is 0 Å². The molecule has 0 unspecified atom stereocenters. The maximum Gasteiger partial charge on any atom is 0.326 e. The average Bonchev–Trinajstić information content (AvgIpc) is 3.07. The number of aliphatic hydroxyl groups is 1. The summed E-state index contributed by atoms with van der Waals surface area (Å²) < 4.78 is 0. The minimum Gasteiger partial charge on any atom is -0.480 e. The quantitative estimate of drug-likeness (QED) is 0.414. The van der Waals surface area contributed by atoms with E-state index in [2.05, 4.69) is 30.4 Å². The monoisotopic (exact) mass is 475 g/mol. The number of allylic oxidation sites excluding steroid dienone is 2. The first-order chi connectivity index (χ1) is 16.0. The molecule has 7 atom stereocenters. The van der Waals surface area contributed by atoms with Crippen molar-refractivity contribution in [2.75, 3.05) is 6.61 Å². The number of rotatable bonds is 7. The Morgan fingerprint density at radius 1 is 1.18 bits per heavy atom. The predicted octanol–water partition coefficient (Wildman–Crippen LogP) is 2.13. The molecular weight excluding hydrogens is 438 g/mol. The maximum absolute atomic E-state index is 12.0. The molecule has 34 heavy (non-hydrogen) atoms. The van der Waals surface area contributed by atoms with Gasteiger partial charge in [0.1, 0.15) is 6.04 Å². The number of carboxylic acid groups (broad SMARTS) is 1. The topological polar surface area (TPSA) is 151 Å². The number of fused-ring (bicyclic) bond motifs is 5. The highest BCUT2D eigenvalue weighted by atomic mass is 16.6. The van der Waals surface area contributed by atoms with Gasteiger partial charge in [-0.3, -0.25) is 9.59 Å². The Morgan fingerprint density at radius 3 is 2.65 bits per heavy atom. The first kappa shape index (κ1) is 24.7. The highest BCUT2D eigenvalue weighted by Crippen LogP contribution is 2.65. The molecule has 0 aromatic heterocycles. The van der Waals surface area contributed by atoms with Gasteiger partial charge in [-0.1, -0.05) is 24.6 Å². The van der Waals surface area contributed by atoms with Gasteiger partial charge in [-0.05, 0) is 86.0 Å². The van der Waals surface area contributed by atoms with Gasteiger partial charge in [-0.15, -0.1) is 0 Å². The van der Waals surface area contributed by atoms with Crippen molar-refractivity contribution in [3.63, 3.8) is 0 Å². The van der Waals surface area contributed by atoms with Crippen LogP contribution < -0.4 is 11.1 Å². The zero-order chi connectivity index (χ0) is 24.7. The zero-order valence-electron chi connectivity index (χ0n) is 20.1. The zero-order valence-corrected chi connectivity index (χ0v) is 20.1. The van der Waals surface area contributed by atoms with Crippen molar-refractivity contribution in [3.05, 3.63) is 11.6 Å². The van der Waals surface area contributed by atoms with Crippen molar-refractivity contribution in [1.82, 2.24) is 5.32 Å². The van der Waals surface area contributed by atoms with Crippen LogP contribution >= 0.6 is 0 Å². The average molecular weight is 476 g/mol. The van der Waals surface area contributed by atoms with Crippen molar-refractivity contribution in [2.24, 2.45) is 39.5 Å². The molecule has 9 heteroatoms. The molecule has 0 radical (unpaired) electrons. The lowest BCUT2D eigenvalue weighted by Crippen LogP contribution is -2.51. The fourth-order valence-corrected chi connectivity index (χ4v) is 7.43. The molecule has 0 aromatic carbocycles. The number of carbonyl (C=O) groups is 3. The molecule has 0 heterocycles. The van der Waals surface area contributed by atoms with Crippen LogP contribution in [0, 0.1) is 28.6 Å². The summed E-state index contributed by atoms with van der Waals surface area (Å²) in [6.45, 7) is 4.25. The molecule has 0 spiro atoms. The Hall–Kier alpha value is -2.42. The first-order valence-electron chi connectivity index (χ1n) is 12.4. The molecule has 9 nitrogen and oxygen atoms in total. The summed E-state index contributed by atoms with van der Waals surface area (Å²) in [6, 6.07) is -1.38. The van der Waals surface area contributed by atoms with Gasteiger partial charge in [0.2, 0.25) is 5.91 Å². The largest absolute Gasteiger partial charge is 0.480 e. The highest BCUT2D eigenvalue weighted by Gasteiger charge is 2.58. The van der Waals surface area contributed by atoms with Crippen LogP contribution in [0.15, 0.2) is 16.8 Å². The van der Waals surface area contributed by atoms with Crippen LogP contribution in [0.25, 0.3) is 0 Å². The van der Waals surface area contributed by atoms with Gasteiger partial charge in [0.15, 0.2) is 6.61 Å². The van der Waals surface area contributed by atoms with E-state index in [9.17, 15) is 19.5 Å². The Bertz CT molecular complexity index is 916. The minimum atomic E-state index is -1.38. The van der Waals surface area contributed by atoms with Crippen LogP contribution in [-0.2, 0) is 19.2 Å². The van der Waals surface area contributed by atoms with Crippen molar-refractivity contribution in [2.45, 2.75) is 83.8 Å². The number of aliphatic carboxylic acids is 1. The molecule has 0 bridgehead atoms. The summed E-state index contributed by atoms with van der Waals surface area (Å²) in [6.07, 6.45) is 9.71. The second kappa shape index (κ2) is 9.32. The lowest BCUT2D eigenvalue weighted by Gasteiger charge is -2.57. The molecule has 4 rings (SSSR count). The van der Waals surface area contributed by atoms with Gasteiger partial charge in [0.25, 0.3) is 5.91 Å². The van der Waals surface area contributed by atoms with E-state index >= 15 is 0 Å². The highest BCUT2D eigenvalue weighted by molar-refractivity contribution is 5.96. The third-order valence-corrected chi connectivity index (χ3v) is 9.34. The van der Waals surface area contributed by atoms with Gasteiger partial charge in [-0.2, -0.15) is 0 Å². The van der Waals surface area contributed by atoms with E-state index < -0.39 is 36.9 Å². The number of primary amides is 1. The number of carboxylic acids is 1. The molecule has 3 saturated carbocycles. The summed E-state index contributed by atoms with van der Waals surface area (Å²) >= 11 is 0. The summed E-state index contributed by atoms with van der Waals surface area (Å²) in [5, 5.41) is 26.1. The maximum atomic E-state index is 12.0. The van der Waals surface area contributed by atoms with Gasteiger partial charge < -0.3 is 26.1 Å². The Labute approximate surface area is 200 Å². The number of amides is 2. The molecule has 4 aliphatic carbocycles. The van der Waals surface area contributed by atoms with Crippen molar-refractivity contribution >= 4 is 23.5 Å². The third-order valence-electron chi connectivity index (χ3n) is 9.34. The molecular formula is C25H37N3O6. The van der Waals surface area contributed by atoms with Crippen molar-refractivity contribution in [1.29, 1.82) is 0 Å². The number of nitrogens with two attached hydrogens (primary N) is 1. The van der Waals surface area contributed by atoms with E-state index in [0.29, 0.717) is 17.8 Å². The number of hydrogen-bond acceptors (Lipinski definition) is 6. The number of hydrogen-bond donors (Lipinski definition) is 4. The second-order valence-corrected chi connectivity index (χ2v) is 11.1. The van der Waals surface area contributed by atoms with Gasteiger partial charge in [-0.25, -0.2) is 4.79 Å². The predicted molar refractivity (Wildman–Crippen MR) is 124 cm³/mol. The lowest BCUT2D eigenvalue weighted by atomic mass is 9.47. The summed E-state index contributed by atoms with van der Waals surface area (Å²) in [7, 11) is 0. The van der Waals surface area contributed by atoms with E-state index in [1.54, 1.807) is 0 Å². The molecule has 5 N–H and O–H groups in total. The molecule has 2 amide bonds. The van der Waals surface area contributed by atoms with Crippen molar-refractivity contribution < 1.29 is 29.4 Å². The number of nitrogens with one attached hydrogen (secondary N) is 1. The van der Waals surface area contributed by atoms with E-state index in [4.69, 9.17) is 15.7 Å². The Balaban J connectivity index is 1.37. The van der Waals surface area contributed by atoms with Crippen LogP contribution in [0.4, 0.5) is 0 Å². The number of carbonyl (C=O) groups excluding carboxylic acids is 2. The number of aliphatic hydroxyl groups excluding tert-OH is 1. The fourth-order valence-electron chi connectivity index (χ4n) is 7.43. The van der Waals surface area contributed by atoms with E-state index in [0.717, 1.165) is 57.1 Å². The van der Waals surface area contributed by atoms with E-state index in [1.807, 2.05) is 0 Å². The van der Waals surface area contributed by atoms with Crippen molar-refractivity contribution in [3.8, 4) is 0 Å². The molecule has 0 aromatic rings. The summed E-state index contributed by atoms with van der Waals surface area (Å²) in [4.78, 5) is 39.3. The molecule has 188 valence electrons. The smallest absolute Gasteiger partial charge is 0.326 e. The Kier molecular flexibility index (Phi) is 6.77. The number of nitrogens with zero attached hydrogens (tertiary/aromatic N) is 1. The number of oxime groups is 1. The lowest BCUT2D eigenvalue weighted by molar-refractivity contribution is -0.144. The summed E-state index contributed by atoms with van der Waals surface area (Å²) in [5.74, 6) is -0.911. The molecule has 0 aliphatic heterocycles. The fraction of sp³-hybridized carbons (Fsp3) is 0.760. The van der Waals surface area contributed by atoms with Crippen LogP contribution in [0.5, 0.6) is 0 Å². The third kappa shape index (κ3) is 4.46. The second-order valence-electron chi connectivity index (χ2n) is 11.1. The molecule has 0 saturated heterocycles. The standard InChI is InChI=1S/C25H37N3O6/c1-24-9-7-15(28-34-13-22(31)27-19(23(32)33)12-21(26)30)11-14(24)3-4-16-17-5-6-20(29)25(17,2)10-8-18(16)24/h11,16-20,29H,3-10,12-13H2,1-2H3,(H2,26,30)(H,27,31)(H,32,33)/b28-15-/t16-,17-,18-,19-,20+,24-,25-/m0/s1. The normalized spacial score (nSPS) is 38.7. The Morgan fingerprint density at radius 2 is 1.94 bits per heavy atom. The van der Waals surface area contributed by atoms with Gasteiger partial charge in [0.05, 0.1) is 18.2 Å². The van der Waals surface area contributed by atoms with Gasteiger partial charge >= 0.3 is 5.97 Å². The van der Waals surface area contributed by atoms with Crippen LogP contribution in [0.1, 0.15) is 71.6 Å². The van der Waals surface area contributed by atoms with E-state index in [1.165, 1.54) is 5.57 Å². The minimum absolute atomic E-state index is 0.0749. The van der Waals surface area contributed by atoms with Crippen LogP contribution in [0.2, 0.25) is 0 Å². The summed E-state index contributed by atoms with van der Waals surface area (Å²) in [5.41, 5.74) is 7.43. The van der Waals surface area contributed by atoms with E-state index in [-0.39, 0.29) is 16.9 Å². The van der Waals surface area contributed by atoms with Gasteiger partial charge in [0, 0.05) is 0 Å². The molecule has 4 aliphatic rings. The SMILES string of the molecule is C[C@]12CC[C@H]3[C@@H](CCC4=C/C(=N\OCC(=O)N[C@@H](CC(N)=O)C(=O)O)CC[C@@]43C)[C@@H]1CC[C@H]2O. The van der Waals surface area contributed by atoms with Crippen LogP contribution in [-0.4, -0.2) is 52.5 Å².